The van der Waals surface area contributed by atoms with Crippen LogP contribution in [0.2, 0.25) is 0 Å². The molecule has 1 heterocycles. The number of nitrogens with two attached hydrogens (primary N) is 1. The predicted octanol–water partition coefficient (Wildman–Crippen LogP) is -0.539. The summed E-state index contributed by atoms with van der Waals surface area (Å²) < 4.78 is 0. The highest BCUT2D eigenvalue weighted by molar-refractivity contribution is 5.77. The van der Waals surface area contributed by atoms with Crippen molar-refractivity contribution in [1.82, 2.24) is 15.6 Å². The maximum absolute atomic E-state index is 11.3. The number of piperidine rings is 1. The summed E-state index contributed by atoms with van der Waals surface area (Å²) in [5.74, 6) is 5.50. The Morgan fingerprint density at radius 2 is 2.00 bits per heavy atom. The van der Waals surface area contributed by atoms with E-state index in [2.05, 4.69) is 15.6 Å². The number of carbonyl (C=O) groups is 2. The average molecular weight is 256 g/mol. The Labute approximate surface area is 108 Å². The van der Waals surface area contributed by atoms with E-state index in [1.54, 1.807) is 6.92 Å². The summed E-state index contributed by atoms with van der Waals surface area (Å²) in [5, 5.41) is 2.86. The van der Waals surface area contributed by atoms with Crippen LogP contribution in [0.4, 0.5) is 0 Å². The van der Waals surface area contributed by atoms with Crippen LogP contribution in [0.15, 0.2) is 0 Å². The lowest BCUT2D eigenvalue weighted by Gasteiger charge is -2.33. The highest BCUT2D eigenvalue weighted by Crippen LogP contribution is 2.17. The van der Waals surface area contributed by atoms with Crippen LogP contribution in [0.5, 0.6) is 0 Å². The molecule has 1 atom stereocenters. The quantitative estimate of drug-likeness (QED) is 0.350. The van der Waals surface area contributed by atoms with Gasteiger partial charge >= 0.3 is 0 Å². The molecular formula is C12H24N4O2. The Balaban J connectivity index is 2.22. The first-order chi connectivity index (χ1) is 8.52. The first kappa shape index (κ1) is 14.9. The molecule has 0 aromatic heterocycles. The van der Waals surface area contributed by atoms with Gasteiger partial charge in [0.25, 0.3) is 0 Å². The molecule has 0 aliphatic carbocycles. The molecule has 0 radical (unpaired) electrons. The number of hydrazine groups is 1. The number of rotatable bonds is 5. The Morgan fingerprint density at radius 1 is 1.39 bits per heavy atom. The number of carbonyl (C=O) groups excluding carboxylic acids is 2. The number of hydrogen-bond acceptors (Lipinski definition) is 4. The standard InChI is InChI=1S/C12H24N4O2/c1-9(12(18)15-13)8-16-5-3-11(4-6-16)7-14-10(2)17/h9,11H,3-8,13H2,1-2H3,(H,14,17)(H,15,18). The van der Waals surface area contributed by atoms with Gasteiger partial charge in [0.2, 0.25) is 11.8 Å². The highest BCUT2D eigenvalue weighted by Gasteiger charge is 2.22. The Hall–Kier alpha value is -1.14. The molecule has 0 aromatic rings. The summed E-state index contributed by atoms with van der Waals surface area (Å²) in [6, 6.07) is 0. The van der Waals surface area contributed by atoms with Crippen molar-refractivity contribution in [3.05, 3.63) is 0 Å². The van der Waals surface area contributed by atoms with Gasteiger partial charge in [-0.05, 0) is 31.8 Å². The van der Waals surface area contributed by atoms with Crippen molar-refractivity contribution in [2.45, 2.75) is 26.7 Å². The third kappa shape index (κ3) is 5.01. The maximum Gasteiger partial charge on any atom is 0.237 e. The fourth-order valence-electron chi connectivity index (χ4n) is 2.27. The minimum Gasteiger partial charge on any atom is -0.356 e. The number of nitrogens with zero attached hydrogens (tertiary/aromatic N) is 1. The van der Waals surface area contributed by atoms with Crippen molar-refractivity contribution in [1.29, 1.82) is 0 Å². The second-order valence-corrected chi connectivity index (χ2v) is 5.09. The van der Waals surface area contributed by atoms with Crippen molar-refractivity contribution in [2.24, 2.45) is 17.7 Å². The van der Waals surface area contributed by atoms with Crippen LogP contribution >= 0.6 is 0 Å². The number of nitrogens with one attached hydrogen (secondary N) is 2. The minimum absolute atomic E-state index is 0.0330. The molecule has 0 saturated carbocycles. The summed E-state index contributed by atoms with van der Waals surface area (Å²) >= 11 is 0. The molecule has 0 bridgehead atoms. The highest BCUT2D eigenvalue weighted by atomic mass is 16.2. The van der Waals surface area contributed by atoms with Crippen LogP contribution in [-0.4, -0.2) is 42.9 Å². The monoisotopic (exact) mass is 256 g/mol. The van der Waals surface area contributed by atoms with E-state index < -0.39 is 0 Å². The van der Waals surface area contributed by atoms with Crippen LogP contribution in [0.25, 0.3) is 0 Å². The molecule has 104 valence electrons. The second kappa shape index (κ2) is 7.33. The molecule has 1 fully saturated rings. The van der Waals surface area contributed by atoms with Crippen molar-refractivity contribution in [2.75, 3.05) is 26.2 Å². The van der Waals surface area contributed by atoms with Crippen LogP contribution in [0.1, 0.15) is 26.7 Å². The van der Waals surface area contributed by atoms with Crippen LogP contribution < -0.4 is 16.6 Å². The largest absolute Gasteiger partial charge is 0.356 e. The molecule has 4 N–H and O–H groups in total. The molecule has 1 aliphatic rings. The Morgan fingerprint density at radius 3 is 2.50 bits per heavy atom. The minimum atomic E-state index is -0.115. The zero-order valence-corrected chi connectivity index (χ0v) is 11.2. The van der Waals surface area contributed by atoms with E-state index in [1.807, 2.05) is 6.92 Å². The summed E-state index contributed by atoms with van der Waals surface area (Å²) in [7, 11) is 0. The zero-order valence-electron chi connectivity index (χ0n) is 11.2. The van der Waals surface area contributed by atoms with Crippen molar-refractivity contribution in [3.63, 3.8) is 0 Å². The topological polar surface area (TPSA) is 87.5 Å². The molecule has 1 rings (SSSR count). The number of likely N-dealkylation sites (tertiary alicyclic amines) is 1. The number of hydrogen-bond donors (Lipinski definition) is 3. The van der Waals surface area contributed by atoms with E-state index in [0.29, 0.717) is 5.92 Å². The molecule has 0 spiro atoms. The van der Waals surface area contributed by atoms with Crippen LogP contribution in [-0.2, 0) is 9.59 Å². The van der Waals surface area contributed by atoms with Gasteiger partial charge in [-0.1, -0.05) is 6.92 Å². The van der Waals surface area contributed by atoms with E-state index in [9.17, 15) is 9.59 Å². The molecule has 1 aliphatic heterocycles. The van der Waals surface area contributed by atoms with Crippen LogP contribution in [0.3, 0.4) is 0 Å². The van der Waals surface area contributed by atoms with Gasteiger partial charge in [-0.15, -0.1) is 0 Å². The van der Waals surface area contributed by atoms with Crippen molar-refractivity contribution >= 4 is 11.8 Å². The van der Waals surface area contributed by atoms with Gasteiger partial charge in [-0.3, -0.25) is 15.0 Å². The fraction of sp³-hybridized carbons (Fsp3) is 0.833. The normalized spacial score (nSPS) is 19.3. The van der Waals surface area contributed by atoms with E-state index in [-0.39, 0.29) is 17.7 Å². The average Bonchev–Trinajstić information content (AvgIpc) is 2.36. The Kier molecular flexibility index (Phi) is 6.07. The van der Waals surface area contributed by atoms with E-state index in [1.165, 1.54) is 0 Å². The fourth-order valence-corrected chi connectivity index (χ4v) is 2.27. The SMILES string of the molecule is CC(=O)NCC1CCN(CC(C)C(=O)NN)CC1. The molecule has 1 saturated heterocycles. The lowest BCUT2D eigenvalue weighted by atomic mass is 9.96. The predicted molar refractivity (Wildman–Crippen MR) is 69.3 cm³/mol. The molecule has 6 nitrogen and oxygen atoms in total. The molecule has 6 heteroatoms. The first-order valence-electron chi connectivity index (χ1n) is 6.50. The summed E-state index contributed by atoms with van der Waals surface area (Å²) in [5.41, 5.74) is 2.18. The lowest BCUT2D eigenvalue weighted by molar-refractivity contribution is -0.125. The van der Waals surface area contributed by atoms with Gasteiger partial charge < -0.3 is 10.2 Å². The number of amides is 2. The van der Waals surface area contributed by atoms with E-state index >= 15 is 0 Å². The van der Waals surface area contributed by atoms with Gasteiger partial charge in [-0.2, -0.15) is 0 Å². The molecule has 1 unspecified atom stereocenters. The van der Waals surface area contributed by atoms with Gasteiger partial charge in [0.15, 0.2) is 0 Å². The lowest BCUT2D eigenvalue weighted by Crippen LogP contribution is -2.44. The van der Waals surface area contributed by atoms with Gasteiger partial charge in [-0.25, -0.2) is 5.84 Å². The Bertz CT molecular complexity index is 288. The smallest absolute Gasteiger partial charge is 0.237 e. The van der Waals surface area contributed by atoms with Crippen molar-refractivity contribution < 1.29 is 9.59 Å². The van der Waals surface area contributed by atoms with Gasteiger partial charge in [0, 0.05) is 25.9 Å². The summed E-state index contributed by atoms with van der Waals surface area (Å²) in [6.07, 6.45) is 2.13. The first-order valence-corrected chi connectivity index (χ1v) is 6.50. The molecule has 18 heavy (non-hydrogen) atoms. The summed E-state index contributed by atoms with van der Waals surface area (Å²) in [4.78, 5) is 24.4. The van der Waals surface area contributed by atoms with Gasteiger partial charge in [0.05, 0.1) is 0 Å². The third-order valence-electron chi connectivity index (χ3n) is 3.47. The maximum atomic E-state index is 11.3. The summed E-state index contributed by atoms with van der Waals surface area (Å²) in [6.45, 7) is 6.89. The van der Waals surface area contributed by atoms with Crippen LogP contribution in [0, 0.1) is 11.8 Å². The molecule has 2 amide bonds. The van der Waals surface area contributed by atoms with E-state index in [4.69, 9.17) is 5.84 Å². The van der Waals surface area contributed by atoms with Crippen molar-refractivity contribution in [3.8, 4) is 0 Å². The van der Waals surface area contributed by atoms with E-state index in [0.717, 1.165) is 39.0 Å². The zero-order chi connectivity index (χ0) is 13.5. The third-order valence-corrected chi connectivity index (χ3v) is 3.47. The molecule has 0 aromatic carbocycles. The van der Waals surface area contributed by atoms with Gasteiger partial charge in [0.1, 0.15) is 0 Å². The second-order valence-electron chi connectivity index (χ2n) is 5.09. The molecular weight excluding hydrogens is 232 g/mol.